The molecule has 3 N–H and O–H groups in total. The average Bonchev–Trinajstić information content (AvgIpc) is 3.92. The van der Waals surface area contributed by atoms with Gasteiger partial charge >= 0.3 is 0 Å². The van der Waals surface area contributed by atoms with Crippen LogP contribution in [0.5, 0.6) is 11.5 Å². The number of aromatic nitrogens is 2. The molecule has 14 heteroatoms. The number of sulfonamides is 1. The van der Waals surface area contributed by atoms with E-state index in [1.165, 1.54) is 18.3 Å². The summed E-state index contributed by atoms with van der Waals surface area (Å²) in [5.74, 6) is 6.69. The van der Waals surface area contributed by atoms with Crippen molar-refractivity contribution in [3.8, 4) is 23.3 Å². The van der Waals surface area contributed by atoms with Crippen molar-refractivity contribution in [2.75, 3.05) is 31.6 Å². The maximum absolute atomic E-state index is 13.9. The lowest BCUT2D eigenvalue weighted by molar-refractivity contribution is -0.384. The number of carbonyl (C=O) groups is 1. The first-order valence-corrected chi connectivity index (χ1v) is 21.1. The van der Waals surface area contributed by atoms with Crippen LogP contribution in [0.3, 0.4) is 0 Å². The molecule has 3 aromatic carbocycles. The highest BCUT2D eigenvalue weighted by Gasteiger charge is 2.31. The number of nitro benzene ring substituents is 1. The van der Waals surface area contributed by atoms with Crippen LogP contribution in [0.15, 0.2) is 102 Å². The number of nitro groups is 1. The molecule has 13 nitrogen and oxygen atoms in total. The number of hydrogen-bond acceptors (Lipinski definition) is 10. The molecule has 58 heavy (non-hydrogen) atoms. The summed E-state index contributed by atoms with van der Waals surface area (Å²) in [6.45, 7) is 2.75. The molecule has 0 radical (unpaired) electrons. The summed E-state index contributed by atoms with van der Waals surface area (Å²) in [6, 6.07) is 22.9. The number of allylic oxidation sites excluding steroid dienone is 1. The van der Waals surface area contributed by atoms with E-state index in [0.717, 1.165) is 79.6 Å². The lowest BCUT2D eigenvalue weighted by atomic mass is 9.89. The molecule has 0 spiro atoms. The second kappa shape index (κ2) is 17.2. The van der Waals surface area contributed by atoms with Gasteiger partial charge in [0, 0.05) is 49.0 Å². The van der Waals surface area contributed by atoms with E-state index >= 15 is 0 Å². The SMILES string of the molecule is O=C(NS(=O)(=O)c1ccc(NCC2CCOCC2)c([N+](=O)[O-])c1)c1ccc(C2=CCC(N3CCCC3C#Cc3ccccc3)CC2)cc1Oc1cnc2[nH]ccc2c1. The molecule has 2 aliphatic heterocycles. The quantitative estimate of drug-likeness (QED) is 0.0685. The van der Waals surface area contributed by atoms with Crippen LogP contribution in [0.25, 0.3) is 16.6 Å². The van der Waals surface area contributed by atoms with Crippen molar-refractivity contribution in [1.29, 1.82) is 0 Å². The third kappa shape index (κ3) is 8.92. The number of nitrogens with one attached hydrogen (secondary N) is 3. The van der Waals surface area contributed by atoms with E-state index in [4.69, 9.17) is 9.47 Å². The molecule has 2 saturated heterocycles. The number of fused-ring (bicyclic) bond motifs is 1. The van der Waals surface area contributed by atoms with Gasteiger partial charge in [0.05, 0.1) is 27.6 Å². The number of likely N-dealkylation sites (tertiary alicyclic amines) is 1. The molecular weight excluding hydrogens is 757 g/mol. The van der Waals surface area contributed by atoms with Crippen LogP contribution in [0.4, 0.5) is 11.4 Å². The maximum atomic E-state index is 13.9. The van der Waals surface area contributed by atoms with Gasteiger partial charge in [0.2, 0.25) is 0 Å². The van der Waals surface area contributed by atoms with E-state index in [1.54, 1.807) is 30.5 Å². The third-order valence-corrected chi connectivity index (χ3v) is 12.5. The minimum Gasteiger partial charge on any atom is -0.455 e. The van der Waals surface area contributed by atoms with Crippen LogP contribution in [-0.2, 0) is 14.8 Å². The van der Waals surface area contributed by atoms with Gasteiger partial charge in [0.25, 0.3) is 21.6 Å². The first-order valence-electron chi connectivity index (χ1n) is 19.6. The van der Waals surface area contributed by atoms with E-state index in [-0.39, 0.29) is 29.0 Å². The number of benzene rings is 3. The number of hydrogen-bond donors (Lipinski definition) is 3. The van der Waals surface area contributed by atoms with Gasteiger partial charge in [-0.15, -0.1) is 0 Å². The van der Waals surface area contributed by atoms with Gasteiger partial charge in [-0.2, -0.15) is 0 Å². The number of H-pyrrole nitrogens is 1. The van der Waals surface area contributed by atoms with Crippen molar-refractivity contribution in [3.05, 3.63) is 124 Å². The fourth-order valence-electron chi connectivity index (χ4n) is 7.97. The molecule has 1 aliphatic carbocycles. The Labute approximate surface area is 337 Å². The number of ether oxygens (including phenoxy) is 2. The Kier molecular flexibility index (Phi) is 11.5. The second-order valence-corrected chi connectivity index (χ2v) is 16.6. The van der Waals surface area contributed by atoms with Crippen LogP contribution >= 0.6 is 0 Å². The monoisotopic (exact) mass is 800 g/mol. The molecule has 0 saturated carbocycles. The Morgan fingerprint density at radius 3 is 2.67 bits per heavy atom. The summed E-state index contributed by atoms with van der Waals surface area (Å²) in [5.41, 5.74) is 3.39. The van der Waals surface area contributed by atoms with Crippen molar-refractivity contribution in [1.82, 2.24) is 19.6 Å². The van der Waals surface area contributed by atoms with Crippen LogP contribution in [-0.4, -0.2) is 72.5 Å². The Balaban J connectivity index is 1.02. The standard InChI is InChI=1S/C44H44N6O7S/c51-44(48-58(54,55)38-15-17-40(41(27-38)50(52)53)46-28-31-19-23-56-24-20-31)39-16-11-33(26-42(39)57-37-25-34-18-21-45-43(34)47-29-37)32-9-13-36(14-10-32)49-22-4-7-35(49)12-8-30-5-2-1-3-6-30/h1-3,5-6,9,11,15-18,21,25-27,29,31,35-36,46H,4,7,10,13-14,19-20,22-24,28H2,(H,45,47)(H,48,51). The Morgan fingerprint density at radius 2 is 1.88 bits per heavy atom. The van der Waals surface area contributed by atoms with Gasteiger partial charge < -0.3 is 19.8 Å². The summed E-state index contributed by atoms with van der Waals surface area (Å²) < 4.78 is 41.0. The molecule has 4 heterocycles. The minimum absolute atomic E-state index is 0.0306. The van der Waals surface area contributed by atoms with E-state index in [0.29, 0.717) is 37.2 Å². The summed E-state index contributed by atoms with van der Waals surface area (Å²) in [7, 11) is -4.54. The number of carbonyl (C=O) groups excluding carboxylic acids is 1. The molecule has 8 rings (SSSR count). The highest BCUT2D eigenvalue weighted by molar-refractivity contribution is 7.90. The molecule has 2 fully saturated rings. The summed E-state index contributed by atoms with van der Waals surface area (Å²) in [4.78, 5) is 34.8. The summed E-state index contributed by atoms with van der Waals surface area (Å²) in [6.07, 6.45) is 11.9. The number of nitrogens with zero attached hydrogens (tertiary/aromatic N) is 3. The van der Waals surface area contributed by atoms with E-state index in [1.807, 2.05) is 36.4 Å². The van der Waals surface area contributed by atoms with Crippen LogP contribution < -0.4 is 14.8 Å². The Bertz CT molecular complexity index is 2520. The van der Waals surface area contributed by atoms with Gasteiger partial charge in [-0.1, -0.05) is 42.2 Å². The molecular formula is C44H44N6O7S. The molecule has 1 amide bonds. The maximum Gasteiger partial charge on any atom is 0.293 e. The zero-order valence-electron chi connectivity index (χ0n) is 31.9. The number of rotatable bonds is 11. The normalized spacial score (nSPS) is 18.9. The fourth-order valence-corrected chi connectivity index (χ4v) is 8.96. The lowest BCUT2D eigenvalue weighted by Crippen LogP contribution is -2.39. The molecule has 2 atom stereocenters. The van der Waals surface area contributed by atoms with Gasteiger partial charge in [-0.3, -0.25) is 19.8 Å². The van der Waals surface area contributed by atoms with Crippen LogP contribution in [0.1, 0.15) is 66.4 Å². The van der Waals surface area contributed by atoms with E-state index in [2.05, 4.69) is 42.8 Å². The predicted octanol–water partition coefficient (Wildman–Crippen LogP) is 7.67. The van der Waals surface area contributed by atoms with E-state index < -0.39 is 31.4 Å². The van der Waals surface area contributed by atoms with Crippen molar-refractivity contribution < 1.29 is 27.6 Å². The number of anilines is 1. The van der Waals surface area contributed by atoms with Crippen molar-refractivity contribution in [2.45, 2.75) is 61.9 Å². The first-order chi connectivity index (χ1) is 28.2. The zero-order valence-corrected chi connectivity index (χ0v) is 32.7. The Hall–Kier alpha value is -6.01. The molecule has 3 aliphatic rings. The van der Waals surface area contributed by atoms with Crippen molar-refractivity contribution >= 4 is 43.9 Å². The fraction of sp³-hybridized carbons (Fsp3) is 0.318. The Morgan fingerprint density at radius 1 is 1.03 bits per heavy atom. The molecule has 5 aromatic rings. The highest BCUT2D eigenvalue weighted by atomic mass is 32.2. The second-order valence-electron chi connectivity index (χ2n) is 14.9. The van der Waals surface area contributed by atoms with Gasteiger partial charge in [-0.25, -0.2) is 18.1 Å². The zero-order chi connectivity index (χ0) is 40.1. The minimum atomic E-state index is -4.54. The number of aromatic amines is 1. The molecule has 0 bridgehead atoms. The van der Waals surface area contributed by atoms with Crippen molar-refractivity contribution in [3.63, 3.8) is 0 Å². The van der Waals surface area contributed by atoms with Gasteiger partial charge in [0.1, 0.15) is 22.8 Å². The molecule has 2 unspecified atom stereocenters. The predicted molar refractivity (Wildman–Crippen MR) is 221 cm³/mol. The summed E-state index contributed by atoms with van der Waals surface area (Å²) >= 11 is 0. The number of amides is 1. The molecule has 298 valence electrons. The highest BCUT2D eigenvalue weighted by Crippen LogP contribution is 2.36. The lowest BCUT2D eigenvalue weighted by Gasteiger charge is -2.33. The smallest absolute Gasteiger partial charge is 0.293 e. The molecule has 2 aromatic heterocycles. The number of pyridine rings is 1. The topological polar surface area (TPSA) is 169 Å². The summed E-state index contributed by atoms with van der Waals surface area (Å²) in [5, 5.41) is 15.9. The van der Waals surface area contributed by atoms with Crippen LogP contribution in [0.2, 0.25) is 0 Å². The largest absolute Gasteiger partial charge is 0.455 e. The van der Waals surface area contributed by atoms with Crippen molar-refractivity contribution in [2.24, 2.45) is 5.92 Å². The van der Waals surface area contributed by atoms with Crippen LogP contribution in [0, 0.1) is 27.9 Å². The average molecular weight is 801 g/mol. The van der Waals surface area contributed by atoms with Gasteiger partial charge in [0.15, 0.2) is 0 Å². The van der Waals surface area contributed by atoms with Gasteiger partial charge in [-0.05, 0) is 117 Å². The van der Waals surface area contributed by atoms with E-state index in [9.17, 15) is 23.3 Å². The first kappa shape index (κ1) is 38.8. The third-order valence-electron chi connectivity index (χ3n) is 11.1.